The number of hydrogen-bond acceptors (Lipinski definition) is 4. The standard InChI is InChI=1S/C23H17NO4/c1-27-17-9-6-8-16(14-17)24-22(25)20-12-5-4-11-19(20)21-13-15-7-2-3-10-18(15)23(26)28-21/h2-14H,1H3,(H,24,25). The van der Waals surface area contributed by atoms with Gasteiger partial charge in [-0.1, -0.05) is 42.5 Å². The number of hydrogen-bond donors (Lipinski definition) is 1. The van der Waals surface area contributed by atoms with E-state index in [0.717, 1.165) is 5.39 Å². The molecule has 0 aliphatic carbocycles. The minimum atomic E-state index is -0.434. The van der Waals surface area contributed by atoms with Gasteiger partial charge in [-0.05, 0) is 35.7 Å². The summed E-state index contributed by atoms with van der Waals surface area (Å²) in [6, 6.07) is 23.1. The fourth-order valence-electron chi connectivity index (χ4n) is 3.06. The molecule has 0 bridgehead atoms. The van der Waals surface area contributed by atoms with E-state index in [1.54, 1.807) is 73.8 Å². The number of fused-ring (bicyclic) bond motifs is 1. The third-order valence-corrected chi connectivity index (χ3v) is 4.43. The van der Waals surface area contributed by atoms with Gasteiger partial charge in [0, 0.05) is 17.3 Å². The number of rotatable bonds is 4. The van der Waals surface area contributed by atoms with Gasteiger partial charge in [0.25, 0.3) is 5.91 Å². The van der Waals surface area contributed by atoms with E-state index in [1.165, 1.54) is 0 Å². The van der Waals surface area contributed by atoms with Crippen LogP contribution in [0.25, 0.3) is 22.1 Å². The number of amides is 1. The topological polar surface area (TPSA) is 68.5 Å². The maximum Gasteiger partial charge on any atom is 0.344 e. The van der Waals surface area contributed by atoms with Crippen LogP contribution in [-0.4, -0.2) is 13.0 Å². The smallest absolute Gasteiger partial charge is 0.344 e. The lowest BCUT2D eigenvalue weighted by atomic mass is 10.0. The van der Waals surface area contributed by atoms with Crippen LogP contribution in [0.15, 0.2) is 88.1 Å². The van der Waals surface area contributed by atoms with Crippen molar-refractivity contribution in [3.63, 3.8) is 0 Å². The minimum Gasteiger partial charge on any atom is -0.497 e. The van der Waals surface area contributed by atoms with Gasteiger partial charge < -0.3 is 14.5 Å². The number of carbonyl (C=O) groups excluding carboxylic acids is 1. The molecule has 5 nitrogen and oxygen atoms in total. The third-order valence-electron chi connectivity index (χ3n) is 4.43. The molecule has 0 radical (unpaired) electrons. The van der Waals surface area contributed by atoms with Crippen molar-refractivity contribution in [2.45, 2.75) is 0 Å². The Kier molecular flexibility index (Phi) is 4.64. The van der Waals surface area contributed by atoms with Crippen LogP contribution in [-0.2, 0) is 0 Å². The molecule has 4 aromatic rings. The molecule has 3 aromatic carbocycles. The van der Waals surface area contributed by atoms with Crippen molar-refractivity contribution in [2.24, 2.45) is 0 Å². The molecule has 0 saturated carbocycles. The minimum absolute atomic E-state index is 0.306. The van der Waals surface area contributed by atoms with Crippen molar-refractivity contribution in [2.75, 3.05) is 12.4 Å². The van der Waals surface area contributed by atoms with Crippen LogP contribution in [0.5, 0.6) is 5.75 Å². The molecule has 28 heavy (non-hydrogen) atoms. The summed E-state index contributed by atoms with van der Waals surface area (Å²) in [7, 11) is 1.57. The molecule has 1 amide bonds. The molecule has 1 heterocycles. The molecule has 4 rings (SSSR count). The lowest BCUT2D eigenvalue weighted by molar-refractivity contribution is 0.102. The van der Waals surface area contributed by atoms with E-state index in [9.17, 15) is 9.59 Å². The first-order valence-corrected chi connectivity index (χ1v) is 8.73. The van der Waals surface area contributed by atoms with Gasteiger partial charge in [0.15, 0.2) is 0 Å². The molecule has 138 valence electrons. The van der Waals surface area contributed by atoms with Crippen LogP contribution in [0.2, 0.25) is 0 Å². The van der Waals surface area contributed by atoms with Crippen LogP contribution in [0, 0.1) is 0 Å². The first-order valence-electron chi connectivity index (χ1n) is 8.73. The normalized spacial score (nSPS) is 10.6. The molecule has 0 atom stereocenters. The Morgan fingerprint density at radius 1 is 0.929 bits per heavy atom. The highest BCUT2D eigenvalue weighted by atomic mass is 16.5. The van der Waals surface area contributed by atoms with Crippen molar-refractivity contribution in [1.82, 2.24) is 0 Å². The molecule has 0 unspecified atom stereocenters. The molecule has 0 aliphatic heterocycles. The molecule has 5 heteroatoms. The number of carbonyl (C=O) groups is 1. The summed E-state index contributed by atoms with van der Waals surface area (Å²) in [5.74, 6) is 0.686. The van der Waals surface area contributed by atoms with Crippen LogP contribution >= 0.6 is 0 Å². The van der Waals surface area contributed by atoms with Gasteiger partial charge in [-0.3, -0.25) is 4.79 Å². The molecule has 1 N–H and O–H groups in total. The molecule has 1 aromatic heterocycles. The Balaban J connectivity index is 1.75. The maximum atomic E-state index is 12.9. The van der Waals surface area contributed by atoms with Gasteiger partial charge in [0.2, 0.25) is 0 Å². The van der Waals surface area contributed by atoms with Crippen molar-refractivity contribution in [3.05, 3.63) is 94.8 Å². The van der Waals surface area contributed by atoms with Crippen LogP contribution in [0.3, 0.4) is 0 Å². The number of ether oxygens (including phenoxy) is 1. The summed E-state index contributed by atoms with van der Waals surface area (Å²) in [4.78, 5) is 25.2. The SMILES string of the molecule is COc1cccc(NC(=O)c2ccccc2-c2cc3ccccc3c(=O)o2)c1. The summed E-state index contributed by atoms with van der Waals surface area (Å²) in [5.41, 5.74) is 1.13. The van der Waals surface area contributed by atoms with Gasteiger partial charge in [0.1, 0.15) is 11.5 Å². The molecule has 0 saturated heterocycles. The van der Waals surface area contributed by atoms with Gasteiger partial charge in [0.05, 0.1) is 18.1 Å². The van der Waals surface area contributed by atoms with Gasteiger partial charge >= 0.3 is 5.63 Å². The zero-order valence-electron chi connectivity index (χ0n) is 15.1. The highest BCUT2D eigenvalue weighted by Crippen LogP contribution is 2.26. The van der Waals surface area contributed by atoms with Crippen molar-refractivity contribution in [3.8, 4) is 17.1 Å². The van der Waals surface area contributed by atoms with E-state index in [2.05, 4.69) is 5.32 Å². The molecular formula is C23H17NO4. The lowest BCUT2D eigenvalue weighted by Crippen LogP contribution is -2.13. The highest BCUT2D eigenvalue weighted by Gasteiger charge is 2.16. The third kappa shape index (κ3) is 3.38. The monoisotopic (exact) mass is 371 g/mol. The predicted octanol–water partition coefficient (Wildman–Crippen LogP) is 4.72. The van der Waals surface area contributed by atoms with Crippen molar-refractivity contribution >= 4 is 22.4 Å². The molecule has 0 aliphatic rings. The number of benzene rings is 3. The van der Waals surface area contributed by atoms with E-state index in [0.29, 0.717) is 33.7 Å². The quantitative estimate of drug-likeness (QED) is 0.563. The van der Waals surface area contributed by atoms with Crippen molar-refractivity contribution < 1.29 is 13.9 Å². The predicted molar refractivity (Wildman–Crippen MR) is 109 cm³/mol. The average Bonchev–Trinajstić information content (AvgIpc) is 2.74. The fourth-order valence-corrected chi connectivity index (χ4v) is 3.06. The number of nitrogens with one attached hydrogen (secondary N) is 1. The summed E-state index contributed by atoms with van der Waals surface area (Å²) in [5, 5.41) is 4.12. The van der Waals surface area contributed by atoms with E-state index in [1.807, 2.05) is 12.1 Å². The second-order valence-electron chi connectivity index (χ2n) is 6.22. The summed E-state index contributed by atoms with van der Waals surface area (Å²) >= 11 is 0. The zero-order valence-corrected chi connectivity index (χ0v) is 15.1. The lowest BCUT2D eigenvalue weighted by Gasteiger charge is -2.11. The summed E-state index contributed by atoms with van der Waals surface area (Å²) in [6.45, 7) is 0. The van der Waals surface area contributed by atoms with Crippen LogP contribution in [0.4, 0.5) is 5.69 Å². The molecular weight excluding hydrogens is 354 g/mol. The number of methoxy groups -OCH3 is 1. The van der Waals surface area contributed by atoms with E-state index < -0.39 is 5.63 Å². The van der Waals surface area contributed by atoms with E-state index in [4.69, 9.17) is 9.15 Å². The van der Waals surface area contributed by atoms with Crippen LogP contribution < -0.4 is 15.7 Å². The van der Waals surface area contributed by atoms with Gasteiger partial charge in [-0.15, -0.1) is 0 Å². The first kappa shape index (κ1) is 17.5. The molecule has 0 spiro atoms. The summed E-state index contributed by atoms with van der Waals surface area (Å²) < 4.78 is 10.7. The number of anilines is 1. The Morgan fingerprint density at radius 2 is 1.71 bits per heavy atom. The largest absolute Gasteiger partial charge is 0.497 e. The maximum absolute atomic E-state index is 12.9. The average molecular weight is 371 g/mol. The second kappa shape index (κ2) is 7.40. The van der Waals surface area contributed by atoms with Gasteiger partial charge in [-0.2, -0.15) is 0 Å². The first-order chi connectivity index (χ1) is 13.7. The van der Waals surface area contributed by atoms with E-state index in [-0.39, 0.29) is 5.91 Å². The Hall–Kier alpha value is -3.86. The Bertz CT molecular complexity index is 1230. The Labute approximate surface area is 161 Å². The Morgan fingerprint density at radius 3 is 2.57 bits per heavy atom. The molecule has 0 fully saturated rings. The van der Waals surface area contributed by atoms with Gasteiger partial charge in [-0.25, -0.2) is 4.79 Å². The zero-order chi connectivity index (χ0) is 19.5. The van der Waals surface area contributed by atoms with Crippen LogP contribution in [0.1, 0.15) is 10.4 Å². The van der Waals surface area contributed by atoms with Crippen molar-refractivity contribution in [1.29, 1.82) is 0 Å². The highest BCUT2D eigenvalue weighted by molar-refractivity contribution is 6.08. The van der Waals surface area contributed by atoms with E-state index >= 15 is 0 Å². The summed E-state index contributed by atoms with van der Waals surface area (Å²) in [6.07, 6.45) is 0. The second-order valence-corrected chi connectivity index (χ2v) is 6.22. The fraction of sp³-hybridized carbons (Fsp3) is 0.0435.